The number of hydrogen-bond acceptors (Lipinski definition) is 4. The van der Waals surface area contributed by atoms with Crippen molar-refractivity contribution in [3.63, 3.8) is 0 Å². The lowest BCUT2D eigenvalue weighted by molar-refractivity contribution is 0.0681. The van der Waals surface area contributed by atoms with Crippen LogP contribution in [0.25, 0.3) is 0 Å². The lowest BCUT2D eigenvalue weighted by Crippen LogP contribution is -2.45. The Labute approximate surface area is 157 Å². The number of ether oxygens (including phenoxy) is 1. The van der Waals surface area contributed by atoms with E-state index in [0.29, 0.717) is 22.8 Å². The predicted octanol–water partition coefficient (Wildman–Crippen LogP) is 3.63. The van der Waals surface area contributed by atoms with Crippen LogP contribution in [-0.2, 0) is 10.0 Å². The fourth-order valence-corrected chi connectivity index (χ4v) is 4.04. The number of fused-ring (bicyclic) bond motifs is 1. The third-order valence-electron chi connectivity index (χ3n) is 4.02. The molecule has 26 heavy (non-hydrogen) atoms. The lowest BCUT2D eigenvalue weighted by Gasteiger charge is -2.37. The average Bonchev–Trinajstić information content (AvgIpc) is 2.55. The second kappa shape index (κ2) is 6.81. The maximum Gasteiger partial charge on any atom is 0.329 e. The van der Waals surface area contributed by atoms with E-state index >= 15 is 0 Å². The number of halogens is 1. The summed E-state index contributed by atoms with van der Waals surface area (Å²) in [6, 6.07) is 11.6. The molecular formula is C18H19ClN2O4S. The van der Waals surface area contributed by atoms with Gasteiger partial charge in [0.05, 0.1) is 10.9 Å². The van der Waals surface area contributed by atoms with Gasteiger partial charge in [-0.3, -0.25) is 0 Å². The zero-order valence-corrected chi connectivity index (χ0v) is 15.9. The van der Waals surface area contributed by atoms with Crippen LogP contribution in [0.1, 0.15) is 31.9 Å². The summed E-state index contributed by atoms with van der Waals surface area (Å²) in [4.78, 5) is 12.4. The second-order valence-electron chi connectivity index (χ2n) is 6.69. The topological polar surface area (TPSA) is 84.5 Å². The van der Waals surface area contributed by atoms with Gasteiger partial charge in [0.2, 0.25) is 0 Å². The van der Waals surface area contributed by atoms with Gasteiger partial charge in [-0.15, -0.1) is 0 Å². The number of hydrogen-bond donors (Lipinski definition) is 2. The normalized spacial score (nSPS) is 18.3. The van der Waals surface area contributed by atoms with E-state index in [-0.39, 0.29) is 4.90 Å². The van der Waals surface area contributed by atoms with Crippen molar-refractivity contribution in [1.82, 2.24) is 10.0 Å². The van der Waals surface area contributed by atoms with E-state index in [2.05, 4.69) is 5.32 Å². The highest BCUT2D eigenvalue weighted by atomic mass is 35.5. The van der Waals surface area contributed by atoms with Crippen LogP contribution in [-0.4, -0.2) is 20.0 Å². The van der Waals surface area contributed by atoms with Crippen molar-refractivity contribution in [2.45, 2.75) is 36.8 Å². The largest absolute Gasteiger partial charge is 0.487 e. The van der Waals surface area contributed by atoms with Crippen LogP contribution < -0.4 is 14.8 Å². The SMILES string of the molecule is CC1(C)CC(NC(=O)NS(=O)(=O)c2ccccc2)c2cc(Cl)ccc2O1. The van der Waals surface area contributed by atoms with Crippen molar-refractivity contribution in [2.24, 2.45) is 0 Å². The first-order valence-electron chi connectivity index (χ1n) is 8.03. The summed E-state index contributed by atoms with van der Waals surface area (Å²) in [5.74, 6) is 0.613. The van der Waals surface area contributed by atoms with E-state index in [1.54, 1.807) is 36.4 Å². The maximum absolute atomic E-state index is 12.3. The summed E-state index contributed by atoms with van der Waals surface area (Å²) in [5.41, 5.74) is 0.195. The van der Waals surface area contributed by atoms with E-state index in [1.807, 2.05) is 18.6 Å². The molecule has 2 amide bonds. The molecule has 2 N–H and O–H groups in total. The Morgan fingerprint density at radius 1 is 1.19 bits per heavy atom. The summed E-state index contributed by atoms with van der Waals surface area (Å²) in [5, 5.41) is 3.23. The number of sulfonamides is 1. The Hall–Kier alpha value is -2.25. The Morgan fingerprint density at radius 3 is 2.58 bits per heavy atom. The highest BCUT2D eigenvalue weighted by Crippen LogP contribution is 2.40. The minimum absolute atomic E-state index is 0.0194. The molecule has 1 aliphatic heterocycles. The Bertz CT molecular complexity index is 929. The molecule has 2 aromatic rings. The molecule has 138 valence electrons. The van der Waals surface area contributed by atoms with Gasteiger partial charge in [0, 0.05) is 17.0 Å². The first-order chi connectivity index (χ1) is 12.2. The van der Waals surface area contributed by atoms with E-state index in [0.717, 1.165) is 0 Å². The fraction of sp³-hybridized carbons (Fsp3) is 0.278. The highest BCUT2D eigenvalue weighted by Gasteiger charge is 2.35. The van der Waals surface area contributed by atoms with Crippen LogP contribution in [0.4, 0.5) is 4.79 Å². The van der Waals surface area contributed by atoms with E-state index in [4.69, 9.17) is 16.3 Å². The quantitative estimate of drug-likeness (QED) is 0.832. The average molecular weight is 395 g/mol. The summed E-state index contributed by atoms with van der Waals surface area (Å²) in [6.07, 6.45) is 0.471. The lowest BCUT2D eigenvalue weighted by atomic mass is 9.90. The van der Waals surface area contributed by atoms with Crippen molar-refractivity contribution in [2.75, 3.05) is 0 Å². The Balaban J connectivity index is 1.80. The highest BCUT2D eigenvalue weighted by molar-refractivity contribution is 7.90. The molecule has 0 saturated carbocycles. The first-order valence-corrected chi connectivity index (χ1v) is 9.89. The van der Waals surface area contributed by atoms with Gasteiger partial charge in [0.1, 0.15) is 11.4 Å². The summed E-state index contributed by atoms with van der Waals surface area (Å²) < 4.78 is 32.5. The van der Waals surface area contributed by atoms with Crippen LogP contribution in [0.5, 0.6) is 5.75 Å². The molecule has 0 saturated heterocycles. The molecule has 1 heterocycles. The third-order valence-corrected chi connectivity index (χ3v) is 5.60. The first kappa shape index (κ1) is 18.5. The molecule has 1 atom stereocenters. The molecule has 3 rings (SSSR count). The third kappa shape index (κ3) is 4.11. The Kier molecular flexibility index (Phi) is 4.86. The van der Waals surface area contributed by atoms with Crippen LogP contribution in [0.2, 0.25) is 5.02 Å². The van der Waals surface area contributed by atoms with Gasteiger partial charge in [0.25, 0.3) is 10.0 Å². The number of benzene rings is 2. The zero-order valence-electron chi connectivity index (χ0n) is 14.3. The number of amides is 2. The molecule has 0 radical (unpaired) electrons. The molecule has 0 aliphatic carbocycles. The number of rotatable bonds is 3. The summed E-state index contributed by atoms with van der Waals surface area (Å²) in [6.45, 7) is 3.80. The van der Waals surface area contributed by atoms with Gasteiger partial charge in [-0.05, 0) is 44.2 Å². The van der Waals surface area contributed by atoms with Crippen molar-refractivity contribution < 1.29 is 17.9 Å². The smallest absolute Gasteiger partial charge is 0.329 e. The molecule has 0 spiro atoms. The van der Waals surface area contributed by atoms with Crippen LogP contribution in [0.15, 0.2) is 53.4 Å². The van der Waals surface area contributed by atoms with Crippen molar-refractivity contribution in [3.8, 4) is 5.75 Å². The summed E-state index contributed by atoms with van der Waals surface area (Å²) in [7, 11) is -3.94. The molecule has 2 aromatic carbocycles. The minimum atomic E-state index is -3.94. The molecule has 1 unspecified atom stereocenters. The molecule has 8 heteroatoms. The van der Waals surface area contributed by atoms with Crippen molar-refractivity contribution >= 4 is 27.7 Å². The van der Waals surface area contributed by atoms with Crippen molar-refractivity contribution in [3.05, 3.63) is 59.1 Å². The monoisotopic (exact) mass is 394 g/mol. The molecule has 0 bridgehead atoms. The van der Waals surface area contributed by atoms with Gasteiger partial charge < -0.3 is 10.1 Å². The molecule has 6 nitrogen and oxygen atoms in total. The standard InChI is InChI=1S/C18H19ClN2O4S/c1-18(2)11-15(14-10-12(19)8-9-16(14)25-18)20-17(22)21-26(23,24)13-6-4-3-5-7-13/h3-10,15H,11H2,1-2H3,(H2,20,21,22). The Morgan fingerprint density at radius 2 is 1.88 bits per heavy atom. The van der Waals surface area contributed by atoms with Gasteiger partial charge in [-0.2, -0.15) is 0 Å². The van der Waals surface area contributed by atoms with Gasteiger partial charge in [0.15, 0.2) is 0 Å². The van der Waals surface area contributed by atoms with E-state index in [9.17, 15) is 13.2 Å². The molecule has 1 aliphatic rings. The minimum Gasteiger partial charge on any atom is -0.487 e. The number of nitrogens with one attached hydrogen (secondary N) is 2. The predicted molar refractivity (Wildman–Crippen MR) is 98.8 cm³/mol. The molecular weight excluding hydrogens is 376 g/mol. The number of urea groups is 1. The second-order valence-corrected chi connectivity index (χ2v) is 8.81. The van der Waals surface area contributed by atoms with Crippen molar-refractivity contribution in [1.29, 1.82) is 0 Å². The van der Waals surface area contributed by atoms with Crippen LogP contribution in [0, 0.1) is 0 Å². The molecule has 0 aromatic heterocycles. The zero-order chi connectivity index (χ0) is 18.9. The number of carbonyl (C=O) groups excluding carboxylic acids is 1. The van der Waals surface area contributed by atoms with Gasteiger partial charge in [-0.25, -0.2) is 17.9 Å². The van der Waals surface area contributed by atoms with Crippen LogP contribution >= 0.6 is 11.6 Å². The maximum atomic E-state index is 12.3. The van der Waals surface area contributed by atoms with Gasteiger partial charge in [-0.1, -0.05) is 29.8 Å². The summed E-state index contributed by atoms with van der Waals surface area (Å²) >= 11 is 6.06. The fourth-order valence-electron chi connectivity index (χ4n) is 2.92. The van der Waals surface area contributed by atoms with E-state index < -0.39 is 27.7 Å². The van der Waals surface area contributed by atoms with E-state index in [1.165, 1.54) is 12.1 Å². The van der Waals surface area contributed by atoms with Crippen LogP contribution in [0.3, 0.4) is 0 Å². The number of carbonyl (C=O) groups is 1. The molecule has 0 fully saturated rings. The van der Waals surface area contributed by atoms with Gasteiger partial charge >= 0.3 is 6.03 Å².